The molecule has 0 saturated carbocycles. The lowest BCUT2D eigenvalue weighted by molar-refractivity contribution is 0.300. The SMILES string of the molecule is NCCc1cc(F)cc(OCc2cn3ccccc3n2)c1. The normalized spacial score (nSPS) is 11.0. The van der Waals surface area contributed by atoms with Crippen LogP contribution in [0.2, 0.25) is 0 Å². The van der Waals surface area contributed by atoms with Gasteiger partial charge in [-0.2, -0.15) is 0 Å². The molecule has 108 valence electrons. The number of imidazole rings is 1. The van der Waals surface area contributed by atoms with E-state index in [0.29, 0.717) is 25.3 Å². The van der Waals surface area contributed by atoms with Crippen molar-refractivity contribution in [3.63, 3.8) is 0 Å². The largest absolute Gasteiger partial charge is 0.487 e. The summed E-state index contributed by atoms with van der Waals surface area (Å²) in [5.74, 6) is 0.182. The van der Waals surface area contributed by atoms with Crippen LogP contribution in [0.25, 0.3) is 5.65 Å². The average Bonchev–Trinajstić information content (AvgIpc) is 2.88. The smallest absolute Gasteiger partial charge is 0.137 e. The van der Waals surface area contributed by atoms with Crippen molar-refractivity contribution in [1.82, 2.24) is 9.38 Å². The minimum Gasteiger partial charge on any atom is -0.487 e. The monoisotopic (exact) mass is 285 g/mol. The molecule has 2 heterocycles. The van der Waals surface area contributed by atoms with Crippen molar-refractivity contribution in [2.45, 2.75) is 13.0 Å². The first kappa shape index (κ1) is 13.6. The Morgan fingerprint density at radius 1 is 1.24 bits per heavy atom. The van der Waals surface area contributed by atoms with Gasteiger partial charge < -0.3 is 14.9 Å². The molecule has 0 bridgehead atoms. The number of hydrogen-bond acceptors (Lipinski definition) is 3. The van der Waals surface area contributed by atoms with E-state index >= 15 is 0 Å². The average molecular weight is 285 g/mol. The number of pyridine rings is 1. The number of ether oxygens (including phenoxy) is 1. The third-order valence-corrected chi connectivity index (χ3v) is 3.16. The van der Waals surface area contributed by atoms with E-state index in [2.05, 4.69) is 4.98 Å². The molecule has 0 saturated heterocycles. The summed E-state index contributed by atoms with van der Waals surface area (Å²) in [5.41, 5.74) is 7.99. The summed E-state index contributed by atoms with van der Waals surface area (Å²) in [5, 5.41) is 0. The van der Waals surface area contributed by atoms with E-state index in [1.54, 1.807) is 0 Å². The van der Waals surface area contributed by atoms with E-state index in [9.17, 15) is 4.39 Å². The molecule has 0 aliphatic carbocycles. The zero-order chi connectivity index (χ0) is 14.7. The second kappa shape index (κ2) is 5.93. The summed E-state index contributed by atoms with van der Waals surface area (Å²) < 4.78 is 21.1. The van der Waals surface area contributed by atoms with Crippen molar-refractivity contribution >= 4 is 5.65 Å². The summed E-state index contributed by atoms with van der Waals surface area (Å²) in [6.07, 6.45) is 4.45. The lowest BCUT2D eigenvalue weighted by Gasteiger charge is -2.07. The van der Waals surface area contributed by atoms with Gasteiger partial charge in [-0.1, -0.05) is 6.07 Å². The molecule has 0 unspecified atom stereocenters. The van der Waals surface area contributed by atoms with E-state index in [-0.39, 0.29) is 5.82 Å². The number of halogens is 1. The van der Waals surface area contributed by atoms with Crippen molar-refractivity contribution in [3.05, 3.63) is 65.9 Å². The maximum atomic E-state index is 13.5. The summed E-state index contributed by atoms with van der Waals surface area (Å²) in [6.45, 7) is 0.780. The second-order valence-corrected chi connectivity index (χ2v) is 4.82. The highest BCUT2D eigenvalue weighted by Crippen LogP contribution is 2.18. The van der Waals surface area contributed by atoms with Gasteiger partial charge in [0.25, 0.3) is 0 Å². The molecule has 3 aromatic rings. The summed E-state index contributed by atoms with van der Waals surface area (Å²) >= 11 is 0. The van der Waals surface area contributed by atoms with Gasteiger partial charge in [-0.25, -0.2) is 9.37 Å². The van der Waals surface area contributed by atoms with Crippen molar-refractivity contribution in [2.75, 3.05) is 6.54 Å². The molecule has 0 fully saturated rings. The van der Waals surface area contributed by atoms with Crippen LogP contribution in [0.4, 0.5) is 4.39 Å². The molecule has 0 atom stereocenters. The first-order valence-electron chi connectivity index (χ1n) is 6.79. The van der Waals surface area contributed by atoms with Crippen LogP contribution >= 0.6 is 0 Å². The van der Waals surface area contributed by atoms with Crippen molar-refractivity contribution in [1.29, 1.82) is 0 Å². The molecule has 0 amide bonds. The zero-order valence-electron chi connectivity index (χ0n) is 11.5. The van der Waals surface area contributed by atoms with Gasteiger partial charge in [0.1, 0.15) is 23.8 Å². The van der Waals surface area contributed by atoms with E-state index in [0.717, 1.165) is 16.9 Å². The lowest BCUT2D eigenvalue weighted by atomic mass is 10.1. The fourth-order valence-electron chi connectivity index (χ4n) is 2.23. The number of nitrogens with zero attached hydrogens (tertiary/aromatic N) is 2. The van der Waals surface area contributed by atoms with E-state index in [1.165, 1.54) is 12.1 Å². The fourth-order valence-corrected chi connectivity index (χ4v) is 2.23. The fraction of sp³-hybridized carbons (Fsp3) is 0.188. The van der Waals surface area contributed by atoms with Crippen molar-refractivity contribution in [3.8, 4) is 5.75 Å². The number of hydrogen-bond donors (Lipinski definition) is 1. The molecule has 3 rings (SSSR count). The van der Waals surface area contributed by atoms with E-state index < -0.39 is 0 Å². The van der Waals surface area contributed by atoms with Crippen molar-refractivity contribution < 1.29 is 9.13 Å². The highest BCUT2D eigenvalue weighted by molar-refractivity contribution is 5.39. The molecule has 0 radical (unpaired) electrons. The number of nitrogens with two attached hydrogens (primary N) is 1. The lowest BCUT2D eigenvalue weighted by Crippen LogP contribution is -2.04. The van der Waals surface area contributed by atoms with Crippen LogP contribution in [0.5, 0.6) is 5.75 Å². The van der Waals surface area contributed by atoms with Crippen LogP contribution in [0, 0.1) is 5.82 Å². The molecule has 0 aliphatic heterocycles. The van der Waals surface area contributed by atoms with Gasteiger partial charge in [-0.3, -0.25) is 0 Å². The number of fused-ring (bicyclic) bond motifs is 1. The van der Waals surface area contributed by atoms with Gasteiger partial charge in [-0.05, 0) is 42.8 Å². The Morgan fingerprint density at radius 2 is 2.14 bits per heavy atom. The minimum absolute atomic E-state index is 0.299. The van der Waals surface area contributed by atoms with Gasteiger partial charge in [0.15, 0.2) is 0 Å². The zero-order valence-corrected chi connectivity index (χ0v) is 11.5. The summed E-state index contributed by atoms with van der Waals surface area (Å²) in [7, 11) is 0. The minimum atomic E-state index is -0.314. The Kier molecular flexibility index (Phi) is 3.83. The van der Waals surface area contributed by atoms with Crippen LogP contribution < -0.4 is 10.5 Å². The van der Waals surface area contributed by atoms with Crippen molar-refractivity contribution in [2.24, 2.45) is 5.73 Å². The Labute approximate surface area is 122 Å². The molecule has 2 N–H and O–H groups in total. The maximum Gasteiger partial charge on any atom is 0.137 e. The second-order valence-electron chi connectivity index (χ2n) is 4.82. The molecule has 5 heteroatoms. The van der Waals surface area contributed by atoms with Crippen LogP contribution in [0.3, 0.4) is 0 Å². The molecule has 2 aromatic heterocycles. The topological polar surface area (TPSA) is 52.5 Å². The Balaban J connectivity index is 1.74. The number of benzene rings is 1. The first-order chi connectivity index (χ1) is 10.2. The molecule has 0 spiro atoms. The predicted octanol–water partition coefficient (Wildman–Crippen LogP) is 2.55. The third-order valence-electron chi connectivity index (χ3n) is 3.16. The van der Waals surface area contributed by atoms with Gasteiger partial charge in [0.2, 0.25) is 0 Å². The predicted molar refractivity (Wildman–Crippen MR) is 78.7 cm³/mol. The Bertz CT molecular complexity index is 721. The van der Waals surface area contributed by atoms with Crippen LogP contribution in [-0.4, -0.2) is 15.9 Å². The van der Waals surface area contributed by atoms with Gasteiger partial charge in [0, 0.05) is 18.5 Å². The first-order valence-corrected chi connectivity index (χ1v) is 6.79. The molecule has 0 aliphatic rings. The standard InChI is InChI=1S/C16H16FN3O/c17-13-7-12(4-5-18)8-15(9-13)21-11-14-10-20-6-2-1-3-16(20)19-14/h1-3,6-10H,4-5,11,18H2. The van der Waals surface area contributed by atoms with Crippen LogP contribution in [0.1, 0.15) is 11.3 Å². The Morgan fingerprint density at radius 3 is 2.95 bits per heavy atom. The molecule has 4 nitrogen and oxygen atoms in total. The summed E-state index contributed by atoms with van der Waals surface area (Å²) in [4.78, 5) is 4.43. The molecule has 1 aromatic carbocycles. The van der Waals surface area contributed by atoms with E-state index in [4.69, 9.17) is 10.5 Å². The molecular weight excluding hydrogens is 269 g/mol. The van der Waals surface area contributed by atoms with Gasteiger partial charge in [0.05, 0.1) is 5.69 Å². The van der Waals surface area contributed by atoms with Gasteiger partial charge >= 0.3 is 0 Å². The quantitative estimate of drug-likeness (QED) is 0.784. The number of rotatable bonds is 5. The van der Waals surface area contributed by atoms with Gasteiger partial charge in [-0.15, -0.1) is 0 Å². The Hall–Kier alpha value is -2.40. The number of aromatic nitrogens is 2. The molecule has 21 heavy (non-hydrogen) atoms. The van der Waals surface area contributed by atoms with Crippen LogP contribution in [-0.2, 0) is 13.0 Å². The van der Waals surface area contributed by atoms with E-state index in [1.807, 2.05) is 41.1 Å². The highest BCUT2D eigenvalue weighted by Gasteiger charge is 2.05. The highest BCUT2D eigenvalue weighted by atomic mass is 19.1. The maximum absolute atomic E-state index is 13.5. The van der Waals surface area contributed by atoms with Crippen LogP contribution in [0.15, 0.2) is 48.8 Å². The molecular formula is C16H16FN3O. The third kappa shape index (κ3) is 3.20. The summed E-state index contributed by atoms with van der Waals surface area (Å²) in [6, 6.07) is 10.4.